The Morgan fingerprint density at radius 3 is 2.50 bits per heavy atom. The quantitative estimate of drug-likeness (QED) is 0.628. The molecule has 0 aromatic heterocycles. The van der Waals surface area contributed by atoms with Gasteiger partial charge in [0.05, 0.1) is 13.0 Å². The first-order valence-corrected chi connectivity index (χ1v) is 11.9. The van der Waals surface area contributed by atoms with E-state index in [9.17, 15) is 14.4 Å². The van der Waals surface area contributed by atoms with Crippen molar-refractivity contribution in [2.75, 3.05) is 7.11 Å². The molecule has 0 spiro atoms. The standard InChI is InChI=1S/C25H38O5/c1-14(23(28)29-5)19-8-9-20-18-7-6-16-12-17(27)10-11-24(16,3)21(18)13-22(25(19,20)4)30-15(2)26/h14,16,18-22H,6-13H2,1-5H3/t14-,16+,18-,19-,20+,21-,22-,24-,25+/m0/s1. The lowest BCUT2D eigenvalue weighted by molar-refractivity contribution is -0.194. The summed E-state index contributed by atoms with van der Waals surface area (Å²) in [6.45, 7) is 8.16. The lowest BCUT2D eigenvalue weighted by Gasteiger charge is -2.62. The van der Waals surface area contributed by atoms with Crippen LogP contribution in [0.25, 0.3) is 0 Å². The predicted octanol–water partition coefficient (Wildman–Crippen LogP) is 4.57. The third-order valence-corrected chi connectivity index (χ3v) is 10.1. The Bertz CT molecular complexity index is 731. The summed E-state index contributed by atoms with van der Waals surface area (Å²) in [4.78, 5) is 36.7. The summed E-state index contributed by atoms with van der Waals surface area (Å²) in [6.07, 6.45) is 7.43. The minimum atomic E-state index is -0.230. The molecule has 168 valence electrons. The minimum absolute atomic E-state index is 0.155. The molecular formula is C25H38O5. The van der Waals surface area contributed by atoms with Crippen LogP contribution >= 0.6 is 0 Å². The van der Waals surface area contributed by atoms with Crippen LogP contribution in [0.5, 0.6) is 0 Å². The summed E-state index contributed by atoms with van der Waals surface area (Å²) in [5.41, 5.74) is -0.0449. The van der Waals surface area contributed by atoms with E-state index in [1.165, 1.54) is 14.0 Å². The zero-order chi connectivity index (χ0) is 21.8. The molecule has 0 aromatic rings. The second kappa shape index (κ2) is 7.63. The third-order valence-electron chi connectivity index (χ3n) is 10.1. The highest BCUT2D eigenvalue weighted by atomic mass is 16.5. The van der Waals surface area contributed by atoms with E-state index in [4.69, 9.17) is 9.47 Å². The molecule has 5 heteroatoms. The van der Waals surface area contributed by atoms with E-state index in [1.807, 2.05) is 6.92 Å². The highest BCUT2D eigenvalue weighted by molar-refractivity contribution is 5.79. The Morgan fingerprint density at radius 1 is 1.10 bits per heavy atom. The largest absolute Gasteiger partial charge is 0.469 e. The van der Waals surface area contributed by atoms with Gasteiger partial charge in [0.15, 0.2) is 0 Å². The summed E-state index contributed by atoms with van der Waals surface area (Å²) in [7, 11) is 1.46. The summed E-state index contributed by atoms with van der Waals surface area (Å²) in [6, 6.07) is 0. The SMILES string of the molecule is COC(=O)[C@@H](C)[C@@H]1CC[C@@H]2[C@@H]3CC[C@@H]4CC(=O)CC[C@]4(C)[C@H]3C[C@H](OC(C)=O)[C@@]21C. The van der Waals surface area contributed by atoms with Crippen molar-refractivity contribution in [2.24, 2.45) is 46.3 Å². The van der Waals surface area contributed by atoms with Gasteiger partial charge in [-0.3, -0.25) is 14.4 Å². The van der Waals surface area contributed by atoms with E-state index < -0.39 is 0 Å². The summed E-state index contributed by atoms with van der Waals surface area (Å²) < 4.78 is 11.1. The number of carbonyl (C=O) groups is 3. The number of fused-ring (bicyclic) bond motifs is 5. The maximum absolute atomic E-state index is 12.4. The van der Waals surface area contributed by atoms with E-state index >= 15 is 0 Å². The summed E-state index contributed by atoms with van der Waals surface area (Å²) in [5, 5.41) is 0. The van der Waals surface area contributed by atoms with Crippen LogP contribution in [0.4, 0.5) is 0 Å². The number of Topliss-reactive ketones (excluding diaryl/α,β-unsaturated/α-hetero) is 1. The fraction of sp³-hybridized carbons (Fsp3) is 0.880. The Hall–Kier alpha value is -1.39. The normalized spacial score (nSPS) is 46.2. The highest BCUT2D eigenvalue weighted by Crippen LogP contribution is 2.68. The van der Waals surface area contributed by atoms with Crippen LogP contribution < -0.4 is 0 Å². The van der Waals surface area contributed by atoms with Crippen LogP contribution in [-0.4, -0.2) is 30.9 Å². The number of hydrogen-bond donors (Lipinski definition) is 0. The predicted molar refractivity (Wildman–Crippen MR) is 112 cm³/mol. The van der Waals surface area contributed by atoms with Crippen molar-refractivity contribution in [3.8, 4) is 0 Å². The molecule has 0 aliphatic heterocycles. The molecule has 4 saturated carbocycles. The molecule has 0 aromatic carbocycles. The number of ketones is 1. The Labute approximate surface area is 180 Å². The van der Waals surface area contributed by atoms with Crippen molar-refractivity contribution >= 4 is 17.7 Å². The molecule has 5 nitrogen and oxygen atoms in total. The maximum atomic E-state index is 12.4. The molecule has 0 amide bonds. The fourth-order valence-corrected chi connectivity index (χ4v) is 8.56. The second-order valence-electron chi connectivity index (χ2n) is 11.1. The smallest absolute Gasteiger partial charge is 0.308 e. The number of esters is 2. The first-order valence-electron chi connectivity index (χ1n) is 11.9. The van der Waals surface area contributed by atoms with Gasteiger partial charge in [0.1, 0.15) is 11.9 Å². The molecule has 30 heavy (non-hydrogen) atoms. The molecule has 4 rings (SSSR count). The molecule has 0 bridgehead atoms. The maximum Gasteiger partial charge on any atom is 0.308 e. The summed E-state index contributed by atoms with van der Waals surface area (Å²) in [5.74, 6) is 1.99. The molecule has 0 saturated heterocycles. The average molecular weight is 419 g/mol. The molecule has 0 N–H and O–H groups in total. The molecule has 4 aliphatic carbocycles. The number of methoxy groups -OCH3 is 1. The van der Waals surface area contributed by atoms with Gasteiger partial charge >= 0.3 is 11.9 Å². The van der Waals surface area contributed by atoms with Crippen LogP contribution in [0.3, 0.4) is 0 Å². The van der Waals surface area contributed by atoms with E-state index in [0.29, 0.717) is 35.9 Å². The molecule has 4 aliphatic rings. The van der Waals surface area contributed by atoms with Gasteiger partial charge in [-0.05, 0) is 73.5 Å². The van der Waals surface area contributed by atoms with Gasteiger partial charge in [0.2, 0.25) is 0 Å². The molecule has 0 radical (unpaired) electrons. The fourth-order valence-electron chi connectivity index (χ4n) is 8.56. The van der Waals surface area contributed by atoms with Gasteiger partial charge < -0.3 is 9.47 Å². The Morgan fingerprint density at radius 2 is 1.83 bits per heavy atom. The second-order valence-corrected chi connectivity index (χ2v) is 11.1. The van der Waals surface area contributed by atoms with Crippen LogP contribution in [-0.2, 0) is 23.9 Å². The number of ether oxygens (including phenoxy) is 2. The zero-order valence-electron chi connectivity index (χ0n) is 19.2. The van der Waals surface area contributed by atoms with Crippen molar-refractivity contribution in [3.63, 3.8) is 0 Å². The van der Waals surface area contributed by atoms with Crippen LogP contribution in [0.15, 0.2) is 0 Å². The minimum Gasteiger partial charge on any atom is -0.469 e. The topological polar surface area (TPSA) is 69.7 Å². The van der Waals surface area contributed by atoms with Gasteiger partial charge in [0, 0.05) is 25.2 Å². The van der Waals surface area contributed by atoms with Crippen molar-refractivity contribution < 1.29 is 23.9 Å². The first-order chi connectivity index (χ1) is 14.1. The zero-order valence-corrected chi connectivity index (χ0v) is 19.2. The Kier molecular flexibility index (Phi) is 5.55. The van der Waals surface area contributed by atoms with E-state index in [2.05, 4.69) is 13.8 Å². The van der Waals surface area contributed by atoms with Crippen LogP contribution in [0, 0.1) is 46.3 Å². The van der Waals surface area contributed by atoms with E-state index in [0.717, 1.165) is 44.9 Å². The number of hydrogen-bond acceptors (Lipinski definition) is 5. The number of carbonyl (C=O) groups excluding carboxylic acids is 3. The summed E-state index contributed by atoms with van der Waals surface area (Å²) >= 11 is 0. The Balaban J connectivity index is 1.70. The third kappa shape index (κ3) is 3.14. The van der Waals surface area contributed by atoms with Crippen molar-refractivity contribution in [2.45, 2.75) is 85.2 Å². The van der Waals surface area contributed by atoms with Gasteiger partial charge in [-0.15, -0.1) is 0 Å². The van der Waals surface area contributed by atoms with E-state index in [1.54, 1.807) is 0 Å². The highest BCUT2D eigenvalue weighted by Gasteiger charge is 2.65. The molecular weight excluding hydrogens is 380 g/mol. The molecule has 0 unspecified atom stereocenters. The van der Waals surface area contributed by atoms with Crippen LogP contribution in [0.2, 0.25) is 0 Å². The van der Waals surface area contributed by atoms with E-state index in [-0.39, 0.29) is 40.7 Å². The molecule has 0 heterocycles. The van der Waals surface area contributed by atoms with Crippen LogP contribution in [0.1, 0.15) is 79.1 Å². The van der Waals surface area contributed by atoms with Gasteiger partial charge in [0.25, 0.3) is 0 Å². The van der Waals surface area contributed by atoms with Crippen molar-refractivity contribution in [1.29, 1.82) is 0 Å². The molecule has 9 atom stereocenters. The monoisotopic (exact) mass is 418 g/mol. The number of rotatable bonds is 3. The first kappa shape index (κ1) is 21.8. The lowest BCUT2D eigenvalue weighted by Crippen LogP contribution is -2.59. The van der Waals surface area contributed by atoms with Crippen molar-refractivity contribution in [3.05, 3.63) is 0 Å². The average Bonchev–Trinajstić information content (AvgIpc) is 3.06. The van der Waals surface area contributed by atoms with Gasteiger partial charge in [-0.2, -0.15) is 0 Å². The van der Waals surface area contributed by atoms with Gasteiger partial charge in [-0.1, -0.05) is 20.8 Å². The van der Waals surface area contributed by atoms with Gasteiger partial charge in [-0.25, -0.2) is 0 Å². The van der Waals surface area contributed by atoms with Crippen molar-refractivity contribution in [1.82, 2.24) is 0 Å². The lowest BCUT2D eigenvalue weighted by atomic mass is 9.44. The molecule has 4 fully saturated rings.